The Hall–Kier alpha value is -0.420. The van der Waals surface area contributed by atoms with Gasteiger partial charge < -0.3 is 15.2 Å². The van der Waals surface area contributed by atoms with E-state index in [2.05, 4.69) is 33.0 Å². The van der Waals surface area contributed by atoms with Crippen molar-refractivity contribution in [2.45, 2.75) is 103 Å². The van der Waals surface area contributed by atoms with Gasteiger partial charge in [0, 0.05) is 24.3 Å². The lowest BCUT2D eigenvalue weighted by Crippen LogP contribution is -2.51. The number of ether oxygens (including phenoxy) is 1. The molecule has 3 saturated carbocycles. The summed E-state index contributed by atoms with van der Waals surface area (Å²) in [5, 5.41) is 14.1. The minimum Gasteiger partial charge on any atom is -0.393 e. The summed E-state index contributed by atoms with van der Waals surface area (Å²) >= 11 is 0. The van der Waals surface area contributed by atoms with Crippen molar-refractivity contribution in [3.8, 4) is 0 Å². The normalized spacial score (nSPS) is 54.5. The number of ketones is 1. The van der Waals surface area contributed by atoms with Crippen LogP contribution in [-0.2, 0) is 9.53 Å². The van der Waals surface area contributed by atoms with Crippen molar-refractivity contribution in [2.75, 3.05) is 6.54 Å². The number of hydrogen-bond donors (Lipinski definition) is 2. The van der Waals surface area contributed by atoms with Crippen molar-refractivity contribution in [3.05, 3.63) is 11.1 Å². The molecule has 5 fully saturated rings. The number of carbonyl (C=O) groups excluding carboxylic acids is 1. The van der Waals surface area contributed by atoms with E-state index in [1.165, 1.54) is 18.4 Å². The van der Waals surface area contributed by atoms with E-state index in [4.69, 9.17) is 4.74 Å². The van der Waals surface area contributed by atoms with Crippen LogP contribution in [0.15, 0.2) is 11.1 Å². The summed E-state index contributed by atoms with van der Waals surface area (Å²) < 4.78 is 7.00. The molecular weight excluding hydrogens is 422 g/mol. The van der Waals surface area contributed by atoms with E-state index in [9.17, 15) is 9.90 Å². The summed E-state index contributed by atoms with van der Waals surface area (Å²) in [6.45, 7) is 10.6. The van der Waals surface area contributed by atoms with E-state index in [-0.39, 0.29) is 35.4 Å². The minimum atomic E-state index is -0.280. The predicted octanol–water partition coefficient (Wildman–Crippen LogP) is 4.68. The maximum Gasteiger partial charge on any atom is 0.136 e. The molecule has 2 saturated heterocycles. The Labute approximate surface area is 199 Å². The van der Waals surface area contributed by atoms with Gasteiger partial charge in [0.25, 0.3) is 0 Å². The van der Waals surface area contributed by atoms with Crippen molar-refractivity contribution in [1.82, 2.24) is 5.32 Å². The molecule has 1 spiro atoms. The van der Waals surface area contributed by atoms with Gasteiger partial charge in [-0.1, -0.05) is 26.3 Å². The second-order valence-corrected chi connectivity index (χ2v) is 12.5. The average molecular weight is 464 g/mol. The number of halogens is 1. The molecule has 0 radical (unpaired) electrons. The molecule has 2 heterocycles. The van der Waals surface area contributed by atoms with Crippen LogP contribution in [0.5, 0.6) is 0 Å². The molecule has 180 valence electrons. The Balaban J connectivity index is 0.00000216. The molecule has 6 rings (SSSR count). The third-order valence-electron chi connectivity index (χ3n) is 11.2. The summed E-state index contributed by atoms with van der Waals surface area (Å²) in [5.41, 5.74) is 3.15. The second kappa shape index (κ2) is 7.80. The summed E-state index contributed by atoms with van der Waals surface area (Å²) in [6.07, 6.45) is 8.02. The van der Waals surface area contributed by atoms with Crippen LogP contribution in [0, 0.1) is 40.9 Å². The molecular formula is C27H42ClNO3. The van der Waals surface area contributed by atoms with E-state index in [0.29, 0.717) is 53.9 Å². The zero-order valence-electron chi connectivity index (χ0n) is 20.2. The predicted molar refractivity (Wildman–Crippen MR) is 128 cm³/mol. The molecule has 6 aliphatic rings. The first-order valence-corrected chi connectivity index (χ1v) is 13.1. The van der Waals surface area contributed by atoms with E-state index in [0.717, 1.165) is 38.6 Å². The van der Waals surface area contributed by atoms with Crippen LogP contribution in [0.25, 0.3) is 0 Å². The number of hydrogen-bond acceptors (Lipinski definition) is 4. The number of aliphatic hydroxyl groups excluding tert-OH is 1. The number of piperidine rings is 1. The van der Waals surface area contributed by atoms with Gasteiger partial charge in [0.1, 0.15) is 5.78 Å². The Morgan fingerprint density at radius 2 is 1.91 bits per heavy atom. The molecule has 0 bridgehead atoms. The van der Waals surface area contributed by atoms with Gasteiger partial charge in [0.15, 0.2) is 0 Å². The van der Waals surface area contributed by atoms with Gasteiger partial charge in [-0.3, -0.25) is 4.79 Å². The molecule has 0 amide bonds. The second-order valence-electron chi connectivity index (χ2n) is 12.5. The number of aliphatic hydroxyl groups is 1. The molecule has 11 unspecified atom stereocenters. The number of allylic oxidation sites excluding steroid dienone is 1. The number of nitrogens with one attached hydrogen (secondary N) is 1. The Kier molecular flexibility index (Phi) is 5.68. The van der Waals surface area contributed by atoms with E-state index < -0.39 is 0 Å². The van der Waals surface area contributed by atoms with Gasteiger partial charge in [-0.25, -0.2) is 0 Å². The standard InChI is InChI=1S/C27H41NO3.ClH/c1-14-9-24-25(28-13-14)16(3)27(31-24)8-6-18-19(15(27)2)11-21-20(18)12-23(30)22-10-17(29)5-7-26(21,22)4;/h14,16-18,20-22,24-25,28-29H,5-13H2,1-4H3;1H. The first-order chi connectivity index (χ1) is 14.7. The van der Waals surface area contributed by atoms with Crippen molar-refractivity contribution >= 4 is 18.2 Å². The van der Waals surface area contributed by atoms with E-state index >= 15 is 0 Å². The summed E-state index contributed by atoms with van der Waals surface area (Å²) in [5.74, 6) is 3.41. The van der Waals surface area contributed by atoms with Crippen LogP contribution in [0.4, 0.5) is 0 Å². The fourth-order valence-electron chi connectivity index (χ4n) is 9.46. The number of Topliss-reactive ketones (excluding diaryl/α,β-unsaturated/α-hetero) is 1. The highest BCUT2D eigenvalue weighted by Crippen LogP contribution is 2.65. The highest BCUT2D eigenvalue weighted by Gasteiger charge is 2.62. The summed E-state index contributed by atoms with van der Waals surface area (Å²) in [4.78, 5) is 13.2. The topological polar surface area (TPSA) is 58.6 Å². The fourth-order valence-corrected chi connectivity index (χ4v) is 9.46. The molecule has 0 aromatic carbocycles. The van der Waals surface area contributed by atoms with Gasteiger partial charge >= 0.3 is 0 Å². The Morgan fingerprint density at radius 1 is 1.12 bits per heavy atom. The number of fused-ring (bicyclic) bond motifs is 6. The highest BCUT2D eigenvalue weighted by atomic mass is 35.5. The van der Waals surface area contributed by atoms with Crippen LogP contribution in [-0.4, -0.2) is 41.3 Å². The maximum atomic E-state index is 13.2. The highest BCUT2D eigenvalue weighted by molar-refractivity contribution is 5.85. The summed E-state index contributed by atoms with van der Waals surface area (Å²) in [6, 6.07) is 0.482. The SMILES string of the molecule is CC1=C2CC3C(CC(=O)C4CC(O)CCC43C)C2CCC12OC1CC(C)CNC1C2C.Cl. The van der Waals surface area contributed by atoms with Gasteiger partial charge in [-0.15, -0.1) is 12.4 Å². The van der Waals surface area contributed by atoms with E-state index in [1.807, 2.05) is 0 Å². The Bertz CT molecular complexity index is 828. The third kappa shape index (κ3) is 3.01. The molecule has 2 aliphatic heterocycles. The van der Waals surface area contributed by atoms with E-state index in [1.54, 1.807) is 5.57 Å². The van der Waals surface area contributed by atoms with Gasteiger partial charge in [0.05, 0.1) is 17.8 Å². The van der Waals surface area contributed by atoms with Gasteiger partial charge in [-0.2, -0.15) is 0 Å². The number of rotatable bonds is 0. The number of carbonyl (C=O) groups is 1. The first-order valence-electron chi connectivity index (χ1n) is 13.1. The lowest BCUT2D eigenvalue weighted by atomic mass is 9.51. The largest absolute Gasteiger partial charge is 0.393 e. The van der Waals surface area contributed by atoms with Crippen LogP contribution >= 0.6 is 12.4 Å². The quantitative estimate of drug-likeness (QED) is 0.512. The van der Waals surface area contributed by atoms with Crippen LogP contribution < -0.4 is 5.32 Å². The molecule has 2 N–H and O–H groups in total. The average Bonchev–Trinajstić information content (AvgIpc) is 3.23. The monoisotopic (exact) mass is 463 g/mol. The smallest absolute Gasteiger partial charge is 0.136 e. The van der Waals surface area contributed by atoms with Gasteiger partial charge in [0.2, 0.25) is 0 Å². The third-order valence-corrected chi connectivity index (χ3v) is 11.2. The van der Waals surface area contributed by atoms with Crippen molar-refractivity contribution in [3.63, 3.8) is 0 Å². The van der Waals surface area contributed by atoms with Crippen molar-refractivity contribution < 1.29 is 14.6 Å². The lowest BCUT2D eigenvalue weighted by molar-refractivity contribution is -0.145. The lowest BCUT2D eigenvalue weighted by Gasteiger charge is -2.52. The molecule has 4 aliphatic carbocycles. The summed E-state index contributed by atoms with van der Waals surface area (Å²) in [7, 11) is 0. The zero-order chi connectivity index (χ0) is 21.7. The molecule has 11 atom stereocenters. The maximum absolute atomic E-state index is 13.2. The van der Waals surface area contributed by atoms with Crippen molar-refractivity contribution in [1.29, 1.82) is 0 Å². The molecule has 4 nitrogen and oxygen atoms in total. The molecule has 0 aromatic heterocycles. The molecule has 0 aromatic rings. The van der Waals surface area contributed by atoms with Gasteiger partial charge in [-0.05, 0) is 93.1 Å². The minimum absolute atomic E-state index is 0. The fraction of sp³-hybridized carbons (Fsp3) is 0.889. The Morgan fingerprint density at radius 3 is 2.69 bits per heavy atom. The molecule has 5 heteroatoms. The van der Waals surface area contributed by atoms with Crippen LogP contribution in [0.1, 0.15) is 79.1 Å². The van der Waals surface area contributed by atoms with Crippen LogP contribution in [0.3, 0.4) is 0 Å². The van der Waals surface area contributed by atoms with Crippen molar-refractivity contribution in [2.24, 2.45) is 40.9 Å². The van der Waals surface area contributed by atoms with Crippen LogP contribution in [0.2, 0.25) is 0 Å². The molecule has 32 heavy (non-hydrogen) atoms. The first kappa shape index (κ1) is 23.3. The zero-order valence-corrected chi connectivity index (χ0v) is 21.0.